The summed E-state index contributed by atoms with van der Waals surface area (Å²) in [6.45, 7) is 1.75. The van der Waals surface area contributed by atoms with Gasteiger partial charge in [0.2, 0.25) is 0 Å². The molecule has 3 nitrogen and oxygen atoms in total. The fraction of sp³-hybridized carbons (Fsp3) is 0.357. The van der Waals surface area contributed by atoms with Gasteiger partial charge in [-0.2, -0.15) is 0 Å². The normalized spacial score (nSPS) is 16.1. The number of aromatic nitrogens is 1. The second-order valence-corrected chi connectivity index (χ2v) is 4.93. The topological polar surface area (TPSA) is 44.9 Å². The molecule has 0 amide bonds. The van der Waals surface area contributed by atoms with Gasteiger partial charge in [0.15, 0.2) is 11.6 Å². The molecule has 108 valence electrons. The summed E-state index contributed by atoms with van der Waals surface area (Å²) in [4.78, 5) is 14.7. The molecule has 2 N–H and O–H groups in total. The Labute approximate surface area is 120 Å². The molecule has 0 radical (unpaired) electrons. The summed E-state index contributed by atoms with van der Waals surface area (Å²) in [6.07, 6.45) is 1.77. The molecule has 1 aliphatic rings. The highest BCUT2D eigenvalue weighted by atomic mass is 35.5. The zero-order valence-electron chi connectivity index (χ0n) is 10.7. The number of nitrogens with one attached hydrogen (secondary N) is 2. The van der Waals surface area contributed by atoms with Crippen molar-refractivity contribution in [1.29, 1.82) is 0 Å². The molecule has 20 heavy (non-hydrogen) atoms. The van der Waals surface area contributed by atoms with Gasteiger partial charge in [0, 0.05) is 17.0 Å². The molecular formula is C14H15ClF2N2O. The minimum Gasteiger partial charge on any atom is -0.322 e. The van der Waals surface area contributed by atoms with Crippen LogP contribution in [-0.4, -0.2) is 18.1 Å². The number of pyridine rings is 1. The quantitative estimate of drug-likeness (QED) is 0.850. The van der Waals surface area contributed by atoms with E-state index in [0.29, 0.717) is 16.5 Å². The van der Waals surface area contributed by atoms with Crippen LogP contribution in [0.15, 0.2) is 23.0 Å². The van der Waals surface area contributed by atoms with Gasteiger partial charge < -0.3 is 10.3 Å². The van der Waals surface area contributed by atoms with Crippen molar-refractivity contribution in [1.82, 2.24) is 10.3 Å². The maximum Gasteiger partial charge on any atom is 0.251 e. The average molecular weight is 301 g/mol. The predicted octanol–water partition coefficient (Wildman–Crippen LogP) is 2.70. The maximum atomic E-state index is 13.2. The largest absolute Gasteiger partial charge is 0.322 e. The summed E-state index contributed by atoms with van der Waals surface area (Å²) in [7, 11) is 0. The highest BCUT2D eigenvalue weighted by Crippen LogP contribution is 2.25. The molecule has 1 saturated heterocycles. The van der Waals surface area contributed by atoms with E-state index in [2.05, 4.69) is 10.3 Å². The SMILES string of the molecule is Cl.O=c1[nH]c2cc(F)c(F)cc2cc1C1CCNCC1. The Morgan fingerprint density at radius 1 is 1.05 bits per heavy atom. The molecule has 2 heterocycles. The number of halogens is 3. The fourth-order valence-corrected chi connectivity index (χ4v) is 2.65. The second kappa shape index (κ2) is 5.89. The van der Waals surface area contributed by atoms with E-state index in [-0.39, 0.29) is 23.9 Å². The lowest BCUT2D eigenvalue weighted by Gasteiger charge is -2.22. The number of fused-ring (bicyclic) bond motifs is 1. The van der Waals surface area contributed by atoms with Crippen LogP contribution in [0.5, 0.6) is 0 Å². The van der Waals surface area contributed by atoms with E-state index < -0.39 is 11.6 Å². The number of aromatic amines is 1. The van der Waals surface area contributed by atoms with Gasteiger partial charge in [-0.15, -0.1) is 12.4 Å². The van der Waals surface area contributed by atoms with Crippen molar-refractivity contribution >= 4 is 23.3 Å². The Morgan fingerprint density at radius 2 is 1.70 bits per heavy atom. The first-order chi connectivity index (χ1) is 9.15. The van der Waals surface area contributed by atoms with Crippen LogP contribution >= 0.6 is 12.4 Å². The van der Waals surface area contributed by atoms with Crippen molar-refractivity contribution in [3.63, 3.8) is 0 Å². The van der Waals surface area contributed by atoms with Crippen LogP contribution in [0.25, 0.3) is 10.9 Å². The zero-order valence-corrected chi connectivity index (χ0v) is 11.5. The third kappa shape index (κ3) is 2.69. The smallest absolute Gasteiger partial charge is 0.251 e. The average Bonchev–Trinajstić information content (AvgIpc) is 2.41. The van der Waals surface area contributed by atoms with Crippen molar-refractivity contribution in [3.8, 4) is 0 Å². The first-order valence-electron chi connectivity index (χ1n) is 6.38. The molecule has 1 aromatic heterocycles. The van der Waals surface area contributed by atoms with E-state index in [9.17, 15) is 13.6 Å². The summed E-state index contributed by atoms with van der Waals surface area (Å²) >= 11 is 0. The highest BCUT2D eigenvalue weighted by molar-refractivity contribution is 5.85. The van der Waals surface area contributed by atoms with Crippen molar-refractivity contribution in [2.45, 2.75) is 18.8 Å². The minimum absolute atomic E-state index is 0. The van der Waals surface area contributed by atoms with Crippen LogP contribution in [0.3, 0.4) is 0 Å². The van der Waals surface area contributed by atoms with Crippen molar-refractivity contribution in [3.05, 3.63) is 45.8 Å². The lowest BCUT2D eigenvalue weighted by molar-refractivity contribution is 0.458. The molecule has 6 heteroatoms. The van der Waals surface area contributed by atoms with E-state index in [0.717, 1.165) is 38.1 Å². The van der Waals surface area contributed by atoms with Gasteiger partial charge in [0.1, 0.15) is 0 Å². The van der Waals surface area contributed by atoms with Crippen LogP contribution in [-0.2, 0) is 0 Å². The van der Waals surface area contributed by atoms with Gasteiger partial charge >= 0.3 is 0 Å². The van der Waals surface area contributed by atoms with Gasteiger partial charge in [0.25, 0.3) is 5.56 Å². The summed E-state index contributed by atoms with van der Waals surface area (Å²) in [5.74, 6) is -1.66. The molecule has 0 atom stereocenters. The molecule has 0 aliphatic carbocycles. The lowest BCUT2D eigenvalue weighted by Crippen LogP contribution is -2.29. The number of benzene rings is 1. The van der Waals surface area contributed by atoms with Crippen LogP contribution in [0.4, 0.5) is 8.78 Å². The van der Waals surface area contributed by atoms with E-state index >= 15 is 0 Å². The van der Waals surface area contributed by atoms with Crippen LogP contribution in [0, 0.1) is 11.6 Å². The van der Waals surface area contributed by atoms with Gasteiger partial charge in [-0.25, -0.2) is 8.78 Å². The number of rotatable bonds is 1. The number of hydrogen-bond acceptors (Lipinski definition) is 2. The first kappa shape index (κ1) is 14.9. The Kier molecular flexibility index (Phi) is 4.40. The molecule has 0 unspecified atom stereocenters. The minimum atomic E-state index is -0.947. The number of hydrogen-bond donors (Lipinski definition) is 2. The van der Waals surface area contributed by atoms with Crippen molar-refractivity contribution in [2.75, 3.05) is 13.1 Å². The van der Waals surface area contributed by atoms with E-state index in [4.69, 9.17) is 0 Å². The summed E-state index contributed by atoms with van der Waals surface area (Å²) in [6, 6.07) is 3.84. The van der Waals surface area contributed by atoms with Crippen LogP contribution in [0.1, 0.15) is 24.3 Å². The van der Waals surface area contributed by atoms with Crippen LogP contribution < -0.4 is 10.9 Å². The predicted molar refractivity (Wildman–Crippen MR) is 76.6 cm³/mol. The van der Waals surface area contributed by atoms with Gasteiger partial charge in [-0.05, 0) is 44.0 Å². The molecule has 3 rings (SSSR count). The maximum absolute atomic E-state index is 13.2. The first-order valence-corrected chi connectivity index (χ1v) is 6.38. The molecule has 0 bridgehead atoms. The Morgan fingerprint density at radius 3 is 2.40 bits per heavy atom. The van der Waals surface area contributed by atoms with Gasteiger partial charge in [-0.1, -0.05) is 0 Å². The number of H-pyrrole nitrogens is 1. The van der Waals surface area contributed by atoms with E-state index in [1.807, 2.05) is 0 Å². The third-order valence-electron chi connectivity index (χ3n) is 3.69. The van der Waals surface area contributed by atoms with E-state index in [1.165, 1.54) is 0 Å². The molecule has 2 aromatic rings. The van der Waals surface area contributed by atoms with Crippen molar-refractivity contribution < 1.29 is 8.78 Å². The molecule has 0 saturated carbocycles. The molecular weight excluding hydrogens is 286 g/mol. The Balaban J connectivity index is 0.00000147. The molecule has 1 aromatic carbocycles. The monoisotopic (exact) mass is 300 g/mol. The molecule has 1 fully saturated rings. The highest BCUT2D eigenvalue weighted by Gasteiger charge is 2.19. The number of piperidine rings is 1. The Hall–Kier alpha value is -1.46. The zero-order chi connectivity index (χ0) is 13.4. The van der Waals surface area contributed by atoms with E-state index in [1.54, 1.807) is 6.07 Å². The Bertz CT molecular complexity index is 681. The summed E-state index contributed by atoms with van der Waals surface area (Å²) < 4.78 is 26.4. The summed E-state index contributed by atoms with van der Waals surface area (Å²) in [5.41, 5.74) is 0.798. The third-order valence-corrected chi connectivity index (χ3v) is 3.69. The van der Waals surface area contributed by atoms with Crippen molar-refractivity contribution in [2.24, 2.45) is 0 Å². The lowest BCUT2D eigenvalue weighted by atomic mass is 9.90. The van der Waals surface area contributed by atoms with Crippen LogP contribution in [0.2, 0.25) is 0 Å². The molecule has 1 aliphatic heterocycles. The van der Waals surface area contributed by atoms with Gasteiger partial charge in [-0.3, -0.25) is 4.79 Å². The second-order valence-electron chi connectivity index (χ2n) is 4.93. The standard InChI is InChI=1S/C14H14F2N2O.ClH/c15-11-6-9-5-10(8-1-3-17-4-2-8)14(19)18-13(9)7-12(11)16;/h5-8,17H,1-4H2,(H,18,19);1H. The molecule has 0 spiro atoms. The summed E-state index contributed by atoms with van der Waals surface area (Å²) in [5, 5.41) is 3.77. The fourth-order valence-electron chi connectivity index (χ4n) is 2.65. The van der Waals surface area contributed by atoms with Gasteiger partial charge in [0.05, 0.1) is 5.52 Å².